The van der Waals surface area contributed by atoms with Crippen molar-refractivity contribution in [3.05, 3.63) is 42.0 Å². The summed E-state index contributed by atoms with van der Waals surface area (Å²) in [5.41, 5.74) is 1.54. The predicted molar refractivity (Wildman–Crippen MR) is 166 cm³/mol. The maximum absolute atomic E-state index is 13.7. The quantitative estimate of drug-likeness (QED) is 0.334. The zero-order chi connectivity index (χ0) is 29.1. The van der Waals surface area contributed by atoms with Crippen LogP contribution in [0.4, 0.5) is 5.13 Å². The molecule has 9 nitrogen and oxygen atoms in total. The highest BCUT2D eigenvalue weighted by Gasteiger charge is 2.32. The van der Waals surface area contributed by atoms with Crippen LogP contribution in [0.3, 0.4) is 0 Å². The van der Waals surface area contributed by atoms with Gasteiger partial charge in [0.15, 0.2) is 5.13 Å². The molecule has 2 saturated carbocycles. The maximum Gasteiger partial charge on any atom is 0.243 e. The Bertz CT molecular complexity index is 1470. The van der Waals surface area contributed by atoms with E-state index < -0.39 is 15.9 Å². The molecule has 6 rings (SSSR count). The van der Waals surface area contributed by atoms with Gasteiger partial charge in [-0.15, -0.1) is 0 Å². The largest absolute Gasteiger partial charge is 0.481 e. The van der Waals surface area contributed by atoms with E-state index in [0.29, 0.717) is 51.3 Å². The molecule has 3 aromatic rings. The molecule has 0 spiro atoms. The summed E-state index contributed by atoms with van der Waals surface area (Å²) >= 11 is 1.32. The van der Waals surface area contributed by atoms with Crippen molar-refractivity contribution >= 4 is 42.7 Å². The highest BCUT2D eigenvalue weighted by Crippen LogP contribution is 2.36. The molecular weight excluding hydrogens is 571 g/mol. The number of thiazole rings is 1. The van der Waals surface area contributed by atoms with E-state index in [-0.39, 0.29) is 5.91 Å². The van der Waals surface area contributed by atoms with Crippen LogP contribution in [0.1, 0.15) is 75.7 Å². The first-order valence-electron chi connectivity index (χ1n) is 15.4. The van der Waals surface area contributed by atoms with Crippen LogP contribution in [0.25, 0.3) is 10.3 Å². The second-order valence-electron chi connectivity index (χ2n) is 11.9. The molecule has 3 heterocycles. The number of fused-ring (bicyclic) bond motifs is 1. The zero-order valence-corrected chi connectivity index (χ0v) is 26.0. The number of amides is 1. The lowest BCUT2D eigenvalue weighted by atomic mass is 9.87. The summed E-state index contributed by atoms with van der Waals surface area (Å²) in [6.45, 7) is 2.63. The molecule has 226 valence electrons. The normalized spacial score (nSPS) is 20.6. The molecule has 1 aliphatic heterocycles. The summed E-state index contributed by atoms with van der Waals surface area (Å²) in [4.78, 5) is 26.1. The number of hydrogen-bond donors (Lipinski definition) is 1. The van der Waals surface area contributed by atoms with Crippen molar-refractivity contribution in [3.8, 4) is 5.88 Å². The van der Waals surface area contributed by atoms with Gasteiger partial charge in [-0.25, -0.2) is 18.4 Å². The van der Waals surface area contributed by atoms with E-state index >= 15 is 0 Å². The van der Waals surface area contributed by atoms with Crippen molar-refractivity contribution < 1.29 is 17.9 Å². The fourth-order valence-electron chi connectivity index (χ4n) is 6.91. The Labute approximate surface area is 252 Å². The average Bonchev–Trinajstić information content (AvgIpc) is 3.69. The molecule has 42 heavy (non-hydrogen) atoms. The van der Waals surface area contributed by atoms with Crippen LogP contribution < -0.4 is 10.1 Å². The van der Waals surface area contributed by atoms with Crippen LogP contribution in [0.2, 0.25) is 0 Å². The number of aromatic nitrogens is 2. The van der Waals surface area contributed by atoms with Crippen molar-refractivity contribution in [2.75, 3.05) is 38.6 Å². The lowest BCUT2D eigenvalue weighted by Crippen LogP contribution is -2.52. The summed E-state index contributed by atoms with van der Waals surface area (Å²) < 4.78 is 33.9. The Hall–Kier alpha value is -2.60. The van der Waals surface area contributed by atoms with E-state index in [0.717, 1.165) is 37.9 Å². The van der Waals surface area contributed by atoms with Crippen molar-refractivity contribution in [2.45, 2.75) is 81.1 Å². The average molecular weight is 612 g/mol. The molecule has 1 atom stereocenters. The fraction of sp³-hybridized carbons (Fsp3) is 0.581. The van der Waals surface area contributed by atoms with E-state index in [9.17, 15) is 13.2 Å². The summed E-state index contributed by atoms with van der Waals surface area (Å²) in [7, 11) is -2.02. The summed E-state index contributed by atoms with van der Waals surface area (Å²) in [6.07, 6.45) is 11.7. The lowest BCUT2D eigenvalue weighted by Gasteiger charge is -2.40. The van der Waals surface area contributed by atoms with Gasteiger partial charge in [-0.3, -0.25) is 9.69 Å². The summed E-state index contributed by atoms with van der Waals surface area (Å²) in [5, 5.41) is 3.52. The Morgan fingerprint density at radius 2 is 1.64 bits per heavy atom. The number of carbonyl (C=O) groups excluding carboxylic acids is 1. The third kappa shape index (κ3) is 6.49. The molecule has 2 aliphatic carbocycles. The van der Waals surface area contributed by atoms with Crippen molar-refractivity contribution in [1.29, 1.82) is 0 Å². The molecule has 2 aromatic heterocycles. The molecule has 1 unspecified atom stereocenters. The number of benzene rings is 1. The van der Waals surface area contributed by atoms with Crippen LogP contribution in [0.5, 0.6) is 5.88 Å². The van der Waals surface area contributed by atoms with Crippen LogP contribution >= 0.6 is 11.3 Å². The zero-order valence-electron chi connectivity index (χ0n) is 24.3. The first-order chi connectivity index (χ1) is 20.4. The molecule has 1 aromatic carbocycles. The fourth-order valence-corrected chi connectivity index (χ4v) is 9.16. The third-order valence-corrected chi connectivity index (χ3v) is 12.1. The molecule has 11 heteroatoms. The van der Waals surface area contributed by atoms with Crippen molar-refractivity contribution in [1.82, 2.24) is 19.2 Å². The number of hydrogen-bond acceptors (Lipinski definition) is 8. The smallest absolute Gasteiger partial charge is 0.243 e. The van der Waals surface area contributed by atoms with Gasteiger partial charge in [0.05, 0.1) is 17.9 Å². The molecule has 3 fully saturated rings. The number of ether oxygens (including phenoxy) is 1. The minimum Gasteiger partial charge on any atom is -0.481 e. The number of anilines is 1. The van der Waals surface area contributed by atoms with E-state index in [1.165, 1.54) is 56.3 Å². The van der Waals surface area contributed by atoms with Gasteiger partial charge in [-0.05, 0) is 48.9 Å². The number of nitrogens with zero attached hydrogens (tertiary/aromatic N) is 4. The van der Waals surface area contributed by atoms with Gasteiger partial charge >= 0.3 is 0 Å². The number of sulfonamides is 1. The Morgan fingerprint density at radius 3 is 2.33 bits per heavy atom. The van der Waals surface area contributed by atoms with E-state index in [1.807, 2.05) is 18.2 Å². The minimum absolute atomic E-state index is 0.123. The number of pyridine rings is 1. The first-order valence-corrected chi connectivity index (χ1v) is 17.6. The summed E-state index contributed by atoms with van der Waals surface area (Å²) in [5.74, 6) is 0.468. The van der Waals surface area contributed by atoms with Gasteiger partial charge in [0, 0.05) is 38.3 Å². The predicted octanol–water partition coefficient (Wildman–Crippen LogP) is 5.64. The minimum atomic E-state index is -3.59. The number of rotatable bonds is 9. The van der Waals surface area contributed by atoms with Gasteiger partial charge in [0.1, 0.15) is 10.3 Å². The van der Waals surface area contributed by atoms with Crippen LogP contribution in [-0.4, -0.2) is 72.8 Å². The molecule has 3 aliphatic rings. The molecular formula is C31H41N5O4S2. The Kier molecular flexibility index (Phi) is 9.09. The maximum atomic E-state index is 13.7. The highest BCUT2D eigenvalue weighted by molar-refractivity contribution is 7.89. The number of methoxy groups -OCH3 is 1. The first kappa shape index (κ1) is 29.5. The number of carbonyl (C=O) groups is 1. The van der Waals surface area contributed by atoms with Crippen molar-refractivity contribution in [2.24, 2.45) is 5.92 Å². The summed E-state index contributed by atoms with van der Waals surface area (Å²) in [6, 6.07) is 11.2. The van der Waals surface area contributed by atoms with Gasteiger partial charge in [0.25, 0.3) is 0 Å². The molecule has 0 bridgehead atoms. The topological polar surface area (TPSA) is 105 Å². The van der Waals surface area contributed by atoms with Crippen LogP contribution in [-0.2, 0) is 14.8 Å². The highest BCUT2D eigenvalue weighted by atomic mass is 32.2. The third-order valence-electron chi connectivity index (χ3n) is 9.31. The molecule has 1 saturated heterocycles. The van der Waals surface area contributed by atoms with Gasteiger partial charge in [0.2, 0.25) is 21.8 Å². The molecule has 1 amide bonds. The second-order valence-corrected chi connectivity index (χ2v) is 14.8. The van der Waals surface area contributed by atoms with Crippen LogP contribution in [0.15, 0.2) is 41.3 Å². The number of nitrogens with one attached hydrogen (secondary N) is 1. The molecule has 1 N–H and O–H groups in total. The van der Waals surface area contributed by atoms with Crippen LogP contribution in [0, 0.1) is 5.92 Å². The lowest BCUT2D eigenvalue weighted by molar-refractivity contribution is -0.118. The van der Waals surface area contributed by atoms with E-state index in [2.05, 4.69) is 20.2 Å². The second kappa shape index (κ2) is 13.0. The molecule has 0 radical (unpaired) electrons. The van der Waals surface area contributed by atoms with Gasteiger partial charge in [-0.1, -0.05) is 68.4 Å². The van der Waals surface area contributed by atoms with E-state index in [4.69, 9.17) is 4.74 Å². The number of piperazine rings is 1. The van der Waals surface area contributed by atoms with Crippen molar-refractivity contribution in [3.63, 3.8) is 0 Å². The monoisotopic (exact) mass is 611 g/mol. The Morgan fingerprint density at radius 1 is 0.952 bits per heavy atom. The van der Waals surface area contributed by atoms with Gasteiger partial charge < -0.3 is 10.1 Å². The standard InChI is InChI=1S/C31H41N5O4S2/c1-40-28-16-15-27-30(33-28)41-31(32-27)34-29(37)26(21-22-7-5-6-8-22)23-11-13-25(14-12-23)42(38,39)36-19-17-35(18-20-36)24-9-3-2-4-10-24/h11-16,22,24,26H,2-10,17-21H2,1H3,(H,32,34,37). The van der Waals surface area contributed by atoms with Gasteiger partial charge in [-0.2, -0.15) is 4.31 Å². The Balaban J connectivity index is 1.16. The SMILES string of the molecule is COc1ccc2nc(NC(=O)C(CC3CCCC3)c3ccc(S(=O)(=O)N4CCN(C5CCCCC5)CC4)cc3)sc2n1. The van der Waals surface area contributed by atoms with E-state index in [1.54, 1.807) is 29.6 Å².